The van der Waals surface area contributed by atoms with E-state index in [9.17, 15) is 13.5 Å². The molecule has 2 N–H and O–H groups in total. The molecule has 172 valence electrons. The van der Waals surface area contributed by atoms with Gasteiger partial charge in [0.25, 0.3) is 0 Å². The van der Waals surface area contributed by atoms with Crippen LogP contribution in [0.3, 0.4) is 0 Å². The number of aliphatic hydroxyl groups excluding tert-OH is 1. The van der Waals surface area contributed by atoms with Crippen LogP contribution in [0.4, 0.5) is 11.8 Å². The summed E-state index contributed by atoms with van der Waals surface area (Å²) in [6.45, 7) is 5.51. The van der Waals surface area contributed by atoms with E-state index in [0.29, 0.717) is 31.5 Å². The average molecular weight is 450 g/mol. The van der Waals surface area contributed by atoms with E-state index in [2.05, 4.69) is 21.3 Å². The average Bonchev–Trinajstić information content (AvgIpc) is 3.29. The van der Waals surface area contributed by atoms with E-state index >= 15 is 0 Å². The lowest BCUT2D eigenvalue weighted by atomic mass is 10.0. The van der Waals surface area contributed by atoms with Gasteiger partial charge < -0.3 is 15.3 Å². The molecule has 0 spiro atoms. The van der Waals surface area contributed by atoms with E-state index in [1.807, 2.05) is 6.20 Å². The molecule has 1 saturated heterocycles. The fourth-order valence-electron chi connectivity index (χ4n) is 4.89. The number of hydrogen-bond donors (Lipinski definition) is 2. The summed E-state index contributed by atoms with van der Waals surface area (Å²) in [6.07, 6.45) is 11.0. The third-order valence-electron chi connectivity index (χ3n) is 6.74. The fraction of sp³-hybridized carbons (Fsp3) is 0.727. The Hall–Kier alpha value is -1.71. The number of fused-ring (bicyclic) bond motifs is 1. The molecule has 0 unspecified atom stereocenters. The van der Waals surface area contributed by atoms with Gasteiger partial charge in [-0.3, -0.25) is 0 Å². The summed E-state index contributed by atoms with van der Waals surface area (Å²) in [5.74, 6) is 1.59. The van der Waals surface area contributed by atoms with Crippen LogP contribution < -0.4 is 10.2 Å². The molecule has 4 rings (SSSR count). The van der Waals surface area contributed by atoms with Gasteiger partial charge in [-0.2, -0.15) is 4.98 Å². The number of nitrogens with zero attached hydrogens (tertiary/aromatic N) is 4. The molecule has 2 aliphatic heterocycles. The minimum atomic E-state index is -3.19. The molecular weight excluding hydrogens is 414 g/mol. The number of hydrogen-bond acceptors (Lipinski definition) is 7. The van der Waals surface area contributed by atoms with E-state index in [1.165, 1.54) is 31.3 Å². The third-order valence-corrected chi connectivity index (χ3v) is 9.02. The molecule has 3 heterocycles. The molecule has 3 aliphatic rings. The van der Waals surface area contributed by atoms with Gasteiger partial charge in [-0.15, -0.1) is 0 Å². The van der Waals surface area contributed by atoms with Gasteiger partial charge in [0.05, 0.1) is 5.25 Å². The molecule has 0 aromatic carbocycles. The van der Waals surface area contributed by atoms with Crippen LogP contribution in [0.25, 0.3) is 6.08 Å². The minimum Gasteiger partial charge on any atom is -0.396 e. The Morgan fingerprint density at radius 3 is 2.55 bits per heavy atom. The molecule has 1 aromatic heterocycles. The zero-order valence-electron chi connectivity index (χ0n) is 18.6. The summed E-state index contributed by atoms with van der Waals surface area (Å²) in [6, 6.07) is 0.661. The van der Waals surface area contributed by atoms with Crippen molar-refractivity contribution >= 4 is 27.9 Å². The number of aromatic nitrogens is 2. The molecule has 2 fully saturated rings. The van der Waals surface area contributed by atoms with Crippen molar-refractivity contribution < 1.29 is 13.5 Å². The van der Waals surface area contributed by atoms with Crippen molar-refractivity contribution in [3.8, 4) is 0 Å². The predicted molar refractivity (Wildman–Crippen MR) is 124 cm³/mol. The largest absolute Gasteiger partial charge is 0.396 e. The zero-order chi connectivity index (χ0) is 22.0. The van der Waals surface area contributed by atoms with E-state index in [-0.39, 0.29) is 17.9 Å². The maximum absolute atomic E-state index is 12.4. The Bertz CT molecular complexity index is 904. The summed E-state index contributed by atoms with van der Waals surface area (Å²) in [5.41, 5.74) is 2.25. The molecule has 1 saturated carbocycles. The molecule has 9 heteroatoms. The van der Waals surface area contributed by atoms with Crippen molar-refractivity contribution in [2.45, 2.75) is 76.1 Å². The number of sulfonamides is 1. The second-order valence-corrected chi connectivity index (χ2v) is 11.7. The van der Waals surface area contributed by atoms with Gasteiger partial charge in [-0.1, -0.05) is 12.8 Å². The van der Waals surface area contributed by atoms with Crippen molar-refractivity contribution in [2.24, 2.45) is 0 Å². The maximum Gasteiger partial charge on any atom is 0.224 e. The van der Waals surface area contributed by atoms with Crippen molar-refractivity contribution in [3.63, 3.8) is 0 Å². The Kier molecular flexibility index (Phi) is 6.83. The van der Waals surface area contributed by atoms with Crippen molar-refractivity contribution in [1.29, 1.82) is 0 Å². The van der Waals surface area contributed by atoms with Gasteiger partial charge >= 0.3 is 0 Å². The van der Waals surface area contributed by atoms with Crippen molar-refractivity contribution in [1.82, 2.24) is 14.3 Å². The molecular formula is C22H35N5O3S. The van der Waals surface area contributed by atoms with Crippen LogP contribution in [-0.2, 0) is 10.0 Å². The molecule has 0 bridgehead atoms. The second kappa shape index (κ2) is 9.42. The lowest BCUT2D eigenvalue weighted by Crippen LogP contribution is -2.45. The Balaban J connectivity index is 1.47. The second-order valence-electron chi connectivity index (χ2n) is 9.23. The summed E-state index contributed by atoms with van der Waals surface area (Å²) in [5, 5.41) is 12.5. The zero-order valence-corrected chi connectivity index (χ0v) is 19.4. The van der Waals surface area contributed by atoms with Crippen LogP contribution in [0.2, 0.25) is 0 Å². The predicted octanol–water partition coefficient (Wildman–Crippen LogP) is 2.62. The summed E-state index contributed by atoms with van der Waals surface area (Å²) < 4.78 is 26.4. The van der Waals surface area contributed by atoms with Crippen molar-refractivity contribution in [3.05, 3.63) is 17.3 Å². The normalized spacial score (nSPS) is 21.4. The van der Waals surface area contributed by atoms with E-state index in [0.717, 1.165) is 30.8 Å². The van der Waals surface area contributed by atoms with Crippen LogP contribution in [-0.4, -0.2) is 71.4 Å². The number of aliphatic hydroxyl groups is 1. The van der Waals surface area contributed by atoms with Crippen LogP contribution in [0.15, 0.2) is 11.8 Å². The number of anilines is 2. The third kappa shape index (κ3) is 4.88. The Labute approximate surface area is 185 Å². The molecule has 1 aromatic rings. The SMILES string of the molecule is CC(C)S(=O)(=O)N1CCC(Nc2ncc3c(n2)N(C2CCCC2)CC(CCO)=C3)CC1. The first-order chi connectivity index (χ1) is 14.9. The molecule has 0 atom stereocenters. The minimum absolute atomic E-state index is 0.158. The smallest absolute Gasteiger partial charge is 0.224 e. The van der Waals surface area contributed by atoms with Crippen LogP contribution in [0, 0.1) is 0 Å². The monoisotopic (exact) mass is 449 g/mol. The number of piperidine rings is 1. The Morgan fingerprint density at radius 1 is 1.19 bits per heavy atom. The first-order valence-electron chi connectivity index (χ1n) is 11.6. The van der Waals surface area contributed by atoms with Crippen LogP contribution >= 0.6 is 0 Å². The fourth-order valence-corrected chi connectivity index (χ4v) is 6.21. The Morgan fingerprint density at radius 2 is 1.90 bits per heavy atom. The van der Waals surface area contributed by atoms with Crippen LogP contribution in [0.5, 0.6) is 0 Å². The van der Waals surface area contributed by atoms with Crippen LogP contribution in [0.1, 0.15) is 64.4 Å². The topological polar surface area (TPSA) is 98.7 Å². The van der Waals surface area contributed by atoms with Gasteiger partial charge in [-0.25, -0.2) is 17.7 Å². The lowest BCUT2D eigenvalue weighted by Gasteiger charge is -2.36. The molecule has 0 amide bonds. The first-order valence-corrected chi connectivity index (χ1v) is 13.1. The molecule has 1 aliphatic carbocycles. The highest BCUT2D eigenvalue weighted by Gasteiger charge is 2.32. The highest BCUT2D eigenvalue weighted by molar-refractivity contribution is 7.89. The maximum atomic E-state index is 12.4. The van der Waals surface area contributed by atoms with Gasteiger partial charge in [0.1, 0.15) is 5.82 Å². The van der Waals surface area contributed by atoms with Gasteiger partial charge in [0, 0.05) is 50.1 Å². The number of rotatable bonds is 7. The van der Waals surface area contributed by atoms with E-state index < -0.39 is 10.0 Å². The summed E-state index contributed by atoms with van der Waals surface area (Å²) in [4.78, 5) is 11.8. The lowest BCUT2D eigenvalue weighted by molar-refractivity contribution is 0.298. The van der Waals surface area contributed by atoms with Gasteiger partial charge in [-0.05, 0) is 57.6 Å². The number of nitrogens with one attached hydrogen (secondary N) is 1. The van der Waals surface area contributed by atoms with E-state index in [4.69, 9.17) is 4.98 Å². The molecule has 31 heavy (non-hydrogen) atoms. The van der Waals surface area contributed by atoms with Gasteiger partial charge in [0.2, 0.25) is 16.0 Å². The van der Waals surface area contributed by atoms with Gasteiger partial charge in [0.15, 0.2) is 0 Å². The van der Waals surface area contributed by atoms with E-state index in [1.54, 1.807) is 18.2 Å². The highest BCUT2D eigenvalue weighted by Crippen LogP contribution is 2.35. The van der Waals surface area contributed by atoms with Crippen molar-refractivity contribution in [2.75, 3.05) is 36.5 Å². The standard InChI is InChI=1S/C22H35N5O3S/c1-16(2)31(29,30)26-10-7-19(8-11-26)24-22-23-14-18-13-17(9-12-28)15-27(21(18)25-22)20-5-3-4-6-20/h13-14,16,19-20,28H,3-12,15H2,1-2H3,(H,23,24,25). The summed E-state index contributed by atoms with van der Waals surface area (Å²) in [7, 11) is -3.19. The molecule has 0 radical (unpaired) electrons. The summed E-state index contributed by atoms with van der Waals surface area (Å²) >= 11 is 0. The quantitative estimate of drug-likeness (QED) is 0.660. The highest BCUT2D eigenvalue weighted by atomic mass is 32.2. The first kappa shape index (κ1) is 22.5. The molecule has 8 nitrogen and oxygen atoms in total.